The van der Waals surface area contributed by atoms with Gasteiger partial charge in [0.1, 0.15) is 11.1 Å². The number of hydrogen-bond donors (Lipinski definition) is 2. The number of nitrogen functional groups attached to an aromatic ring is 1. The van der Waals surface area contributed by atoms with E-state index in [1.54, 1.807) is 20.8 Å². The first kappa shape index (κ1) is 16.4. The molecule has 0 saturated heterocycles. The molecule has 0 fully saturated rings. The molecule has 1 atom stereocenters. The topological polar surface area (TPSA) is 89.3 Å². The van der Waals surface area contributed by atoms with E-state index in [4.69, 9.17) is 5.73 Å². The van der Waals surface area contributed by atoms with Crippen LogP contribution in [0.4, 0.5) is 10.1 Å². The molecule has 1 amide bonds. The van der Waals surface area contributed by atoms with Crippen molar-refractivity contribution >= 4 is 21.4 Å². The molecule has 0 aliphatic rings. The van der Waals surface area contributed by atoms with E-state index in [-0.39, 0.29) is 10.6 Å². The normalized spacial score (nSPS) is 13.8. The van der Waals surface area contributed by atoms with E-state index in [9.17, 15) is 17.6 Å². The monoisotopic (exact) mass is 302 g/mol. The number of nitrogens with one attached hydrogen (secondary N) is 1. The van der Waals surface area contributed by atoms with Gasteiger partial charge in [-0.3, -0.25) is 4.79 Å². The van der Waals surface area contributed by atoms with Gasteiger partial charge in [0, 0.05) is 5.54 Å². The first-order valence-electron chi connectivity index (χ1n) is 6.06. The molecule has 7 heteroatoms. The van der Waals surface area contributed by atoms with Crippen molar-refractivity contribution in [2.75, 3.05) is 5.73 Å². The lowest BCUT2D eigenvalue weighted by atomic mass is 10.1. The zero-order chi connectivity index (χ0) is 15.7. The van der Waals surface area contributed by atoms with Crippen LogP contribution >= 0.6 is 0 Å². The van der Waals surface area contributed by atoms with Crippen LogP contribution in [0, 0.1) is 5.82 Å². The van der Waals surface area contributed by atoms with Gasteiger partial charge in [-0.15, -0.1) is 0 Å². The molecule has 1 unspecified atom stereocenters. The highest BCUT2D eigenvalue weighted by Crippen LogP contribution is 2.21. The predicted molar refractivity (Wildman–Crippen MR) is 75.4 cm³/mol. The summed E-state index contributed by atoms with van der Waals surface area (Å²) in [6.07, 6.45) is 0. The Morgan fingerprint density at radius 2 is 1.90 bits per heavy atom. The Kier molecular flexibility index (Phi) is 4.43. The Labute approximate surface area is 118 Å². The number of sulfone groups is 1. The van der Waals surface area contributed by atoms with Gasteiger partial charge in [-0.25, -0.2) is 12.8 Å². The Morgan fingerprint density at radius 1 is 1.35 bits per heavy atom. The van der Waals surface area contributed by atoms with Crippen molar-refractivity contribution in [3.8, 4) is 0 Å². The molecule has 1 aromatic carbocycles. The smallest absolute Gasteiger partial charge is 0.238 e. The molecular formula is C13H19FN2O3S. The van der Waals surface area contributed by atoms with Crippen molar-refractivity contribution in [3.05, 3.63) is 24.0 Å². The minimum Gasteiger partial charge on any atom is -0.396 e. The Bertz CT molecular complexity index is 621. The second-order valence-electron chi connectivity index (χ2n) is 5.61. The van der Waals surface area contributed by atoms with Crippen LogP contribution in [-0.2, 0) is 14.6 Å². The summed E-state index contributed by atoms with van der Waals surface area (Å²) in [7, 11) is -3.96. The van der Waals surface area contributed by atoms with Crippen LogP contribution in [0.1, 0.15) is 27.7 Å². The summed E-state index contributed by atoms with van der Waals surface area (Å²) in [6, 6.07) is 3.18. The van der Waals surface area contributed by atoms with Crippen LogP contribution in [0.2, 0.25) is 0 Å². The fourth-order valence-corrected chi connectivity index (χ4v) is 2.78. The van der Waals surface area contributed by atoms with Gasteiger partial charge in [-0.1, -0.05) is 0 Å². The molecule has 0 heterocycles. The highest BCUT2D eigenvalue weighted by Gasteiger charge is 2.32. The van der Waals surface area contributed by atoms with Gasteiger partial charge in [0.05, 0.1) is 10.6 Å². The number of amides is 1. The van der Waals surface area contributed by atoms with E-state index in [0.717, 1.165) is 12.1 Å². The molecular weight excluding hydrogens is 283 g/mol. The van der Waals surface area contributed by atoms with Crippen LogP contribution < -0.4 is 11.1 Å². The van der Waals surface area contributed by atoms with Gasteiger partial charge in [-0.05, 0) is 45.9 Å². The number of anilines is 1. The fraction of sp³-hybridized carbons (Fsp3) is 0.462. The summed E-state index contributed by atoms with van der Waals surface area (Å²) < 4.78 is 37.9. The van der Waals surface area contributed by atoms with Crippen molar-refractivity contribution < 1.29 is 17.6 Å². The van der Waals surface area contributed by atoms with E-state index in [1.165, 1.54) is 13.0 Å². The van der Waals surface area contributed by atoms with Crippen LogP contribution in [-0.4, -0.2) is 25.1 Å². The number of benzene rings is 1. The predicted octanol–water partition coefficient (Wildman–Crippen LogP) is 1.48. The average molecular weight is 302 g/mol. The highest BCUT2D eigenvalue weighted by molar-refractivity contribution is 7.92. The molecule has 0 radical (unpaired) electrons. The van der Waals surface area contributed by atoms with Gasteiger partial charge in [-0.2, -0.15) is 0 Å². The molecule has 3 N–H and O–H groups in total. The van der Waals surface area contributed by atoms with Crippen LogP contribution in [0.25, 0.3) is 0 Å². The third kappa shape index (κ3) is 3.69. The van der Waals surface area contributed by atoms with E-state index >= 15 is 0 Å². The molecule has 1 aromatic rings. The highest BCUT2D eigenvalue weighted by atomic mass is 32.2. The summed E-state index contributed by atoms with van der Waals surface area (Å²) >= 11 is 0. The maximum absolute atomic E-state index is 13.4. The van der Waals surface area contributed by atoms with E-state index in [1.807, 2.05) is 0 Å². The number of nitrogens with two attached hydrogens (primary N) is 1. The summed E-state index contributed by atoms with van der Waals surface area (Å²) in [5.41, 5.74) is 4.61. The third-order valence-corrected chi connectivity index (χ3v) is 4.69. The lowest BCUT2D eigenvalue weighted by molar-refractivity contribution is -0.121. The lowest BCUT2D eigenvalue weighted by Gasteiger charge is -2.23. The fourth-order valence-electron chi connectivity index (χ4n) is 1.50. The molecule has 5 nitrogen and oxygen atoms in total. The number of halogens is 1. The molecule has 1 rings (SSSR count). The summed E-state index contributed by atoms with van der Waals surface area (Å²) in [5, 5.41) is 1.27. The van der Waals surface area contributed by atoms with Crippen LogP contribution in [0.5, 0.6) is 0 Å². The second kappa shape index (κ2) is 5.40. The zero-order valence-corrected chi connectivity index (χ0v) is 12.7. The van der Waals surface area contributed by atoms with Crippen molar-refractivity contribution in [1.82, 2.24) is 5.32 Å². The Morgan fingerprint density at radius 3 is 2.35 bits per heavy atom. The third-order valence-electron chi connectivity index (χ3n) is 2.63. The zero-order valence-electron chi connectivity index (χ0n) is 11.9. The second-order valence-corrected chi connectivity index (χ2v) is 7.88. The first-order valence-corrected chi connectivity index (χ1v) is 7.61. The molecule has 0 aromatic heterocycles. The number of hydrogen-bond acceptors (Lipinski definition) is 4. The lowest BCUT2D eigenvalue weighted by Crippen LogP contribution is -2.47. The Hall–Kier alpha value is -1.63. The standard InChI is InChI=1S/C13H19FN2O3S/c1-8(12(17)16-13(2,3)4)20(18,19)9-5-6-11(15)10(14)7-9/h5-8H,15H2,1-4H3,(H,16,17). The van der Waals surface area contributed by atoms with Crippen LogP contribution in [0.15, 0.2) is 23.1 Å². The van der Waals surface area contributed by atoms with Gasteiger partial charge in [0.2, 0.25) is 5.91 Å². The number of rotatable bonds is 3. The van der Waals surface area contributed by atoms with Crippen LogP contribution in [0.3, 0.4) is 0 Å². The molecule has 0 bridgehead atoms. The van der Waals surface area contributed by atoms with Crippen molar-refractivity contribution in [1.29, 1.82) is 0 Å². The SMILES string of the molecule is CC(C(=O)NC(C)(C)C)S(=O)(=O)c1ccc(N)c(F)c1. The maximum Gasteiger partial charge on any atom is 0.238 e. The van der Waals surface area contributed by atoms with Crippen molar-refractivity contribution in [2.24, 2.45) is 0 Å². The molecule has 0 aliphatic carbocycles. The van der Waals surface area contributed by atoms with Gasteiger partial charge in [0.25, 0.3) is 0 Å². The van der Waals surface area contributed by atoms with Gasteiger partial charge < -0.3 is 11.1 Å². The van der Waals surface area contributed by atoms with E-state index < -0.39 is 32.4 Å². The number of carbonyl (C=O) groups excluding carboxylic acids is 1. The minimum absolute atomic E-state index is 0.143. The molecule has 0 aliphatic heterocycles. The van der Waals surface area contributed by atoms with E-state index in [0.29, 0.717) is 0 Å². The van der Waals surface area contributed by atoms with E-state index in [2.05, 4.69) is 5.32 Å². The maximum atomic E-state index is 13.4. The van der Waals surface area contributed by atoms with Crippen molar-refractivity contribution in [3.63, 3.8) is 0 Å². The van der Waals surface area contributed by atoms with Gasteiger partial charge >= 0.3 is 0 Å². The molecule has 20 heavy (non-hydrogen) atoms. The average Bonchev–Trinajstić information content (AvgIpc) is 2.29. The molecule has 0 spiro atoms. The quantitative estimate of drug-likeness (QED) is 0.828. The van der Waals surface area contributed by atoms with Gasteiger partial charge in [0.15, 0.2) is 9.84 Å². The summed E-state index contributed by atoms with van der Waals surface area (Å²) in [4.78, 5) is 11.7. The molecule has 112 valence electrons. The number of carbonyl (C=O) groups is 1. The largest absolute Gasteiger partial charge is 0.396 e. The summed E-state index contributed by atoms with van der Waals surface area (Å²) in [5.74, 6) is -1.45. The summed E-state index contributed by atoms with van der Waals surface area (Å²) in [6.45, 7) is 6.50. The first-order chi connectivity index (χ1) is 8.95. The minimum atomic E-state index is -3.96. The van der Waals surface area contributed by atoms with Crippen molar-refractivity contribution in [2.45, 2.75) is 43.4 Å². The molecule has 0 saturated carbocycles. The Balaban J connectivity index is 3.09.